The lowest BCUT2D eigenvalue weighted by Gasteiger charge is -2.16. The van der Waals surface area contributed by atoms with Crippen LogP contribution in [0.25, 0.3) is 0 Å². The van der Waals surface area contributed by atoms with Crippen LogP contribution in [0.1, 0.15) is 11.8 Å². The summed E-state index contributed by atoms with van der Waals surface area (Å²) in [4.78, 5) is 1.32. The molecule has 1 unspecified atom stereocenters. The van der Waals surface area contributed by atoms with Gasteiger partial charge in [-0.25, -0.2) is 0 Å². The first-order valence-corrected chi connectivity index (χ1v) is 7.63. The molecule has 0 radical (unpaired) electrons. The van der Waals surface area contributed by atoms with Crippen molar-refractivity contribution in [3.05, 3.63) is 50.6 Å². The molecule has 102 valence electrons. The quantitative estimate of drug-likeness (QED) is 0.840. The average molecular weight is 316 g/mol. The molecule has 1 N–H and O–H groups in total. The summed E-state index contributed by atoms with van der Waals surface area (Å²) in [6, 6.07) is 9.41. The Bertz CT molecular complexity index is 516. The second-order valence-electron chi connectivity index (χ2n) is 4.21. The summed E-state index contributed by atoms with van der Waals surface area (Å²) in [5.41, 5.74) is 0. The molecule has 0 fully saturated rings. The van der Waals surface area contributed by atoms with E-state index in [0.717, 1.165) is 13.1 Å². The van der Waals surface area contributed by atoms with Crippen LogP contribution in [0.3, 0.4) is 0 Å². The molecule has 1 aromatic heterocycles. The molecule has 19 heavy (non-hydrogen) atoms. The van der Waals surface area contributed by atoms with Crippen LogP contribution in [0, 0.1) is 0 Å². The van der Waals surface area contributed by atoms with Gasteiger partial charge in [0, 0.05) is 23.0 Å². The highest BCUT2D eigenvalue weighted by atomic mass is 35.5. The molecule has 1 atom stereocenters. The second kappa shape index (κ2) is 7.15. The molecule has 0 saturated carbocycles. The summed E-state index contributed by atoms with van der Waals surface area (Å²) < 4.78 is 5.77. The lowest BCUT2D eigenvalue weighted by molar-refractivity contribution is 0.217. The Morgan fingerprint density at radius 2 is 2.16 bits per heavy atom. The summed E-state index contributed by atoms with van der Waals surface area (Å²) in [5.74, 6) is 0.663. The van der Waals surface area contributed by atoms with Crippen molar-refractivity contribution < 1.29 is 4.74 Å². The van der Waals surface area contributed by atoms with Gasteiger partial charge in [0.25, 0.3) is 0 Å². The Hall–Kier alpha value is -0.740. The lowest BCUT2D eigenvalue weighted by Crippen LogP contribution is -2.28. The Kier molecular flexibility index (Phi) is 5.52. The molecule has 0 bridgehead atoms. The largest absolute Gasteiger partial charge is 0.488 e. The van der Waals surface area contributed by atoms with Gasteiger partial charge in [-0.05, 0) is 36.6 Å². The summed E-state index contributed by atoms with van der Waals surface area (Å²) in [7, 11) is 0. The first-order valence-electron chi connectivity index (χ1n) is 6.00. The normalized spacial score (nSPS) is 12.4. The molecule has 2 aromatic rings. The zero-order chi connectivity index (χ0) is 13.7. The highest BCUT2D eigenvalue weighted by Gasteiger charge is 2.07. The third-order valence-corrected chi connectivity index (χ3v) is 3.94. The smallest absolute Gasteiger partial charge is 0.138 e. The van der Waals surface area contributed by atoms with E-state index in [-0.39, 0.29) is 6.10 Å². The number of hydrogen-bond acceptors (Lipinski definition) is 3. The maximum absolute atomic E-state index is 6.06. The fourth-order valence-electron chi connectivity index (χ4n) is 1.64. The molecular formula is C14H15Cl2NOS. The number of nitrogens with one attached hydrogen (secondary N) is 1. The van der Waals surface area contributed by atoms with Gasteiger partial charge in [-0.2, -0.15) is 0 Å². The molecule has 2 rings (SSSR count). The second-order valence-corrected chi connectivity index (χ2v) is 6.09. The van der Waals surface area contributed by atoms with Crippen LogP contribution >= 0.6 is 34.5 Å². The molecule has 0 aliphatic heterocycles. The van der Waals surface area contributed by atoms with Gasteiger partial charge >= 0.3 is 0 Å². The van der Waals surface area contributed by atoms with Crippen molar-refractivity contribution in [1.29, 1.82) is 0 Å². The number of thiophene rings is 1. The van der Waals surface area contributed by atoms with Crippen LogP contribution in [0.2, 0.25) is 10.0 Å². The molecule has 0 aliphatic carbocycles. The van der Waals surface area contributed by atoms with Gasteiger partial charge in [0.05, 0.1) is 5.02 Å². The van der Waals surface area contributed by atoms with Crippen LogP contribution in [-0.2, 0) is 6.54 Å². The van der Waals surface area contributed by atoms with Crippen LogP contribution in [0.5, 0.6) is 5.75 Å². The minimum Gasteiger partial charge on any atom is -0.488 e. The van der Waals surface area contributed by atoms with Crippen molar-refractivity contribution >= 4 is 34.5 Å². The monoisotopic (exact) mass is 315 g/mol. The molecule has 0 saturated heterocycles. The molecule has 0 amide bonds. The molecule has 2 nitrogen and oxygen atoms in total. The van der Waals surface area contributed by atoms with Gasteiger partial charge in [0.2, 0.25) is 0 Å². The fourth-order valence-corrected chi connectivity index (χ4v) is 2.77. The number of rotatable bonds is 6. The zero-order valence-corrected chi connectivity index (χ0v) is 12.9. The topological polar surface area (TPSA) is 21.3 Å². The molecule has 1 aromatic carbocycles. The van der Waals surface area contributed by atoms with E-state index >= 15 is 0 Å². The number of ether oxygens (including phenoxy) is 1. The van der Waals surface area contributed by atoms with Crippen LogP contribution in [0.4, 0.5) is 0 Å². The van der Waals surface area contributed by atoms with Crippen LogP contribution in [-0.4, -0.2) is 12.6 Å². The SMILES string of the molecule is CC(CNCc1cccs1)Oc1ccc(Cl)cc1Cl. The first kappa shape index (κ1) is 14.7. The van der Waals surface area contributed by atoms with E-state index in [9.17, 15) is 0 Å². The predicted molar refractivity (Wildman–Crippen MR) is 82.6 cm³/mol. The Morgan fingerprint density at radius 1 is 1.32 bits per heavy atom. The predicted octanol–water partition coefficient (Wildman–Crippen LogP) is 4.61. The Balaban J connectivity index is 1.79. The molecule has 0 spiro atoms. The van der Waals surface area contributed by atoms with Gasteiger partial charge in [0.1, 0.15) is 11.9 Å². The van der Waals surface area contributed by atoms with E-state index in [2.05, 4.69) is 22.8 Å². The summed E-state index contributed by atoms with van der Waals surface area (Å²) in [6.07, 6.45) is 0.0404. The fraction of sp³-hybridized carbons (Fsp3) is 0.286. The lowest BCUT2D eigenvalue weighted by atomic mass is 10.3. The molecule has 0 aliphatic rings. The maximum atomic E-state index is 6.06. The van der Waals surface area contributed by atoms with E-state index in [1.807, 2.05) is 6.92 Å². The number of benzene rings is 1. The zero-order valence-electron chi connectivity index (χ0n) is 10.5. The average Bonchev–Trinajstić information content (AvgIpc) is 2.86. The van der Waals surface area contributed by atoms with Gasteiger partial charge < -0.3 is 10.1 Å². The number of halogens is 2. The van der Waals surface area contributed by atoms with E-state index in [0.29, 0.717) is 15.8 Å². The third kappa shape index (κ3) is 4.69. The third-order valence-electron chi connectivity index (χ3n) is 2.53. The summed E-state index contributed by atoms with van der Waals surface area (Å²) >= 11 is 13.6. The highest BCUT2D eigenvalue weighted by molar-refractivity contribution is 7.09. The van der Waals surface area contributed by atoms with Crippen molar-refractivity contribution in [2.75, 3.05) is 6.54 Å². The van der Waals surface area contributed by atoms with Crippen LogP contribution < -0.4 is 10.1 Å². The van der Waals surface area contributed by atoms with Crippen molar-refractivity contribution in [2.24, 2.45) is 0 Å². The minimum absolute atomic E-state index is 0.0404. The highest BCUT2D eigenvalue weighted by Crippen LogP contribution is 2.28. The molecule has 5 heteroatoms. The van der Waals surface area contributed by atoms with Gasteiger partial charge in [-0.15, -0.1) is 11.3 Å². The van der Waals surface area contributed by atoms with Crippen molar-refractivity contribution in [3.63, 3.8) is 0 Å². The summed E-state index contributed by atoms with van der Waals surface area (Å²) in [6.45, 7) is 3.63. The van der Waals surface area contributed by atoms with E-state index in [1.165, 1.54) is 4.88 Å². The Morgan fingerprint density at radius 3 is 2.84 bits per heavy atom. The first-order chi connectivity index (χ1) is 9.15. The van der Waals surface area contributed by atoms with Gasteiger partial charge in [0.15, 0.2) is 0 Å². The molecular weight excluding hydrogens is 301 g/mol. The van der Waals surface area contributed by atoms with E-state index < -0.39 is 0 Å². The van der Waals surface area contributed by atoms with Gasteiger partial charge in [-0.3, -0.25) is 0 Å². The summed E-state index contributed by atoms with van der Waals surface area (Å²) in [5, 5.41) is 6.58. The minimum atomic E-state index is 0.0404. The number of hydrogen-bond donors (Lipinski definition) is 1. The standard InChI is InChI=1S/C14H15Cl2NOS/c1-10(8-17-9-12-3-2-6-19-12)18-14-5-4-11(15)7-13(14)16/h2-7,10,17H,8-9H2,1H3. The van der Waals surface area contributed by atoms with E-state index in [4.69, 9.17) is 27.9 Å². The van der Waals surface area contributed by atoms with Crippen molar-refractivity contribution in [2.45, 2.75) is 19.6 Å². The van der Waals surface area contributed by atoms with Crippen LogP contribution in [0.15, 0.2) is 35.7 Å². The van der Waals surface area contributed by atoms with E-state index in [1.54, 1.807) is 29.5 Å². The van der Waals surface area contributed by atoms with Crippen molar-refractivity contribution in [3.8, 4) is 5.75 Å². The Labute approximate surface area is 127 Å². The van der Waals surface area contributed by atoms with Crippen molar-refractivity contribution in [1.82, 2.24) is 5.32 Å². The maximum Gasteiger partial charge on any atom is 0.138 e. The molecule has 1 heterocycles. The van der Waals surface area contributed by atoms with Gasteiger partial charge in [-0.1, -0.05) is 29.3 Å².